The molecule has 0 radical (unpaired) electrons. The van der Waals surface area contributed by atoms with E-state index in [1.54, 1.807) is 30.5 Å². The summed E-state index contributed by atoms with van der Waals surface area (Å²) in [5, 5.41) is 2.77. The van der Waals surface area contributed by atoms with Gasteiger partial charge in [-0.1, -0.05) is 15.9 Å². The van der Waals surface area contributed by atoms with E-state index in [2.05, 4.69) is 26.2 Å². The van der Waals surface area contributed by atoms with E-state index in [9.17, 15) is 4.79 Å². The predicted molar refractivity (Wildman–Crippen MR) is 75.5 cm³/mol. The number of amides is 1. The van der Waals surface area contributed by atoms with Crippen molar-refractivity contribution >= 4 is 33.2 Å². The van der Waals surface area contributed by atoms with E-state index in [0.717, 1.165) is 10.2 Å². The first-order valence-electron chi connectivity index (χ1n) is 5.35. The predicted octanol–water partition coefficient (Wildman–Crippen LogP) is 2.99. The monoisotopic (exact) mass is 305 g/mol. The summed E-state index contributed by atoms with van der Waals surface area (Å²) in [6.45, 7) is 1.84. The lowest BCUT2D eigenvalue weighted by atomic mass is 10.2. The molecule has 0 saturated carbocycles. The molecule has 1 heterocycles. The number of rotatable bonds is 2. The molecule has 0 aliphatic carbocycles. The fourth-order valence-corrected chi connectivity index (χ4v) is 1.91. The van der Waals surface area contributed by atoms with Gasteiger partial charge in [0.25, 0.3) is 5.91 Å². The van der Waals surface area contributed by atoms with Gasteiger partial charge in [-0.3, -0.25) is 9.78 Å². The standard InChI is InChI=1S/C13H12BrN3O/c1-8-6-9(4-5-16-8)13(18)17-12-3-2-10(14)7-11(12)15/h2-7H,15H2,1H3,(H,17,18). The zero-order chi connectivity index (χ0) is 13.1. The van der Waals surface area contributed by atoms with Crippen LogP contribution in [0.2, 0.25) is 0 Å². The lowest BCUT2D eigenvalue weighted by Gasteiger charge is -2.08. The summed E-state index contributed by atoms with van der Waals surface area (Å²) >= 11 is 3.32. The highest BCUT2D eigenvalue weighted by Crippen LogP contribution is 2.23. The first kappa shape index (κ1) is 12.6. The first-order chi connectivity index (χ1) is 8.56. The molecule has 0 aliphatic heterocycles. The number of carbonyl (C=O) groups excluding carboxylic acids is 1. The Morgan fingerprint density at radius 1 is 1.33 bits per heavy atom. The molecule has 0 saturated heterocycles. The number of halogens is 1. The van der Waals surface area contributed by atoms with Gasteiger partial charge in [-0.15, -0.1) is 0 Å². The molecular weight excluding hydrogens is 294 g/mol. The molecule has 0 bridgehead atoms. The lowest BCUT2D eigenvalue weighted by Crippen LogP contribution is -2.13. The average Bonchev–Trinajstić information content (AvgIpc) is 2.32. The summed E-state index contributed by atoms with van der Waals surface area (Å²) in [5.74, 6) is -0.200. The molecule has 2 aromatic rings. The van der Waals surface area contributed by atoms with Crippen LogP contribution in [0.25, 0.3) is 0 Å². The summed E-state index contributed by atoms with van der Waals surface area (Å²) in [6.07, 6.45) is 1.61. The zero-order valence-electron chi connectivity index (χ0n) is 9.77. The van der Waals surface area contributed by atoms with Gasteiger partial charge in [0.1, 0.15) is 0 Å². The first-order valence-corrected chi connectivity index (χ1v) is 6.14. The number of benzene rings is 1. The fourth-order valence-electron chi connectivity index (χ4n) is 1.53. The number of hydrogen-bond acceptors (Lipinski definition) is 3. The molecule has 3 N–H and O–H groups in total. The van der Waals surface area contributed by atoms with Crippen LogP contribution in [-0.2, 0) is 0 Å². The highest BCUT2D eigenvalue weighted by Gasteiger charge is 2.08. The van der Waals surface area contributed by atoms with Crippen molar-refractivity contribution in [3.63, 3.8) is 0 Å². The van der Waals surface area contributed by atoms with Crippen LogP contribution in [0.5, 0.6) is 0 Å². The van der Waals surface area contributed by atoms with E-state index >= 15 is 0 Å². The molecule has 92 valence electrons. The molecular formula is C13H12BrN3O. The van der Waals surface area contributed by atoms with Gasteiger partial charge < -0.3 is 11.1 Å². The quantitative estimate of drug-likeness (QED) is 0.838. The van der Waals surface area contributed by atoms with Gasteiger partial charge in [-0.05, 0) is 37.3 Å². The molecule has 0 spiro atoms. The third-order valence-electron chi connectivity index (χ3n) is 2.42. The molecule has 1 aromatic heterocycles. The molecule has 1 amide bonds. The van der Waals surface area contributed by atoms with Gasteiger partial charge in [0, 0.05) is 21.9 Å². The SMILES string of the molecule is Cc1cc(C(=O)Nc2ccc(Br)cc2N)ccn1. The number of nitrogens with zero attached hydrogens (tertiary/aromatic N) is 1. The number of aromatic nitrogens is 1. The number of hydrogen-bond donors (Lipinski definition) is 2. The largest absolute Gasteiger partial charge is 0.397 e. The minimum atomic E-state index is -0.200. The summed E-state index contributed by atoms with van der Waals surface area (Å²) in [7, 11) is 0. The second kappa shape index (κ2) is 5.18. The Morgan fingerprint density at radius 3 is 2.78 bits per heavy atom. The highest BCUT2D eigenvalue weighted by atomic mass is 79.9. The van der Waals surface area contributed by atoms with Crippen LogP contribution < -0.4 is 11.1 Å². The summed E-state index contributed by atoms with van der Waals surface area (Å²) in [6, 6.07) is 8.71. The molecule has 2 rings (SSSR count). The van der Waals surface area contributed by atoms with Crippen molar-refractivity contribution in [3.05, 3.63) is 52.3 Å². The Morgan fingerprint density at radius 2 is 2.11 bits per heavy atom. The van der Waals surface area contributed by atoms with E-state index in [-0.39, 0.29) is 5.91 Å². The van der Waals surface area contributed by atoms with Crippen molar-refractivity contribution in [1.82, 2.24) is 4.98 Å². The zero-order valence-corrected chi connectivity index (χ0v) is 11.4. The number of nitrogen functional groups attached to an aromatic ring is 1. The molecule has 0 unspecified atom stereocenters. The number of pyridine rings is 1. The Bertz CT molecular complexity index is 599. The van der Waals surface area contributed by atoms with Crippen molar-refractivity contribution in [2.45, 2.75) is 6.92 Å². The van der Waals surface area contributed by atoms with Gasteiger partial charge in [0.05, 0.1) is 11.4 Å². The summed E-state index contributed by atoms with van der Waals surface area (Å²) in [5.41, 5.74) is 8.29. The smallest absolute Gasteiger partial charge is 0.255 e. The van der Waals surface area contributed by atoms with Gasteiger partial charge in [-0.25, -0.2) is 0 Å². The van der Waals surface area contributed by atoms with Crippen LogP contribution in [0, 0.1) is 6.92 Å². The van der Waals surface area contributed by atoms with Gasteiger partial charge in [0.2, 0.25) is 0 Å². The number of anilines is 2. The molecule has 1 aromatic carbocycles. The minimum Gasteiger partial charge on any atom is -0.397 e. The molecule has 0 fully saturated rings. The Balaban J connectivity index is 2.21. The Kier molecular flexibility index (Phi) is 3.62. The van der Waals surface area contributed by atoms with Crippen molar-refractivity contribution in [1.29, 1.82) is 0 Å². The van der Waals surface area contributed by atoms with E-state index in [0.29, 0.717) is 16.9 Å². The third kappa shape index (κ3) is 2.87. The molecule has 5 heteroatoms. The average molecular weight is 306 g/mol. The van der Waals surface area contributed by atoms with Gasteiger partial charge in [-0.2, -0.15) is 0 Å². The molecule has 18 heavy (non-hydrogen) atoms. The molecule has 0 aliphatic rings. The van der Waals surface area contributed by atoms with E-state index in [1.165, 1.54) is 0 Å². The summed E-state index contributed by atoms with van der Waals surface area (Å²) < 4.78 is 0.873. The van der Waals surface area contributed by atoms with Gasteiger partial charge in [0.15, 0.2) is 0 Å². The third-order valence-corrected chi connectivity index (χ3v) is 2.91. The number of nitrogens with one attached hydrogen (secondary N) is 1. The van der Waals surface area contributed by atoms with Gasteiger partial charge >= 0.3 is 0 Å². The van der Waals surface area contributed by atoms with Crippen LogP contribution >= 0.6 is 15.9 Å². The van der Waals surface area contributed by atoms with Crippen molar-refractivity contribution in [3.8, 4) is 0 Å². The number of carbonyl (C=O) groups is 1. The Labute approximate surface area is 113 Å². The minimum absolute atomic E-state index is 0.200. The van der Waals surface area contributed by atoms with Crippen molar-refractivity contribution < 1.29 is 4.79 Å². The number of aryl methyl sites for hydroxylation is 1. The Hall–Kier alpha value is -1.88. The molecule has 0 atom stereocenters. The highest BCUT2D eigenvalue weighted by molar-refractivity contribution is 9.10. The van der Waals surface area contributed by atoms with Crippen LogP contribution in [-0.4, -0.2) is 10.9 Å². The maximum atomic E-state index is 12.0. The maximum absolute atomic E-state index is 12.0. The lowest BCUT2D eigenvalue weighted by molar-refractivity contribution is 0.102. The fraction of sp³-hybridized carbons (Fsp3) is 0.0769. The van der Waals surface area contributed by atoms with Crippen LogP contribution in [0.3, 0.4) is 0 Å². The second-order valence-electron chi connectivity index (χ2n) is 3.87. The van der Waals surface area contributed by atoms with Crippen LogP contribution in [0.15, 0.2) is 41.0 Å². The van der Waals surface area contributed by atoms with Crippen molar-refractivity contribution in [2.75, 3.05) is 11.1 Å². The van der Waals surface area contributed by atoms with E-state index < -0.39 is 0 Å². The summed E-state index contributed by atoms with van der Waals surface area (Å²) in [4.78, 5) is 16.0. The number of nitrogens with two attached hydrogens (primary N) is 1. The topological polar surface area (TPSA) is 68.0 Å². The van der Waals surface area contributed by atoms with E-state index in [1.807, 2.05) is 13.0 Å². The molecule has 4 nitrogen and oxygen atoms in total. The van der Waals surface area contributed by atoms with Crippen molar-refractivity contribution in [2.24, 2.45) is 0 Å². The second-order valence-corrected chi connectivity index (χ2v) is 4.79. The van der Waals surface area contributed by atoms with E-state index in [4.69, 9.17) is 5.73 Å². The van der Waals surface area contributed by atoms with Crippen LogP contribution in [0.1, 0.15) is 16.1 Å². The van der Waals surface area contributed by atoms with Crippen LogP contribution in [0.4, 0.5) is 11.4 Å². The maximum Gasteiger partial charge on any atom is 0.255 e. The normalized spacial score (nSPS) is 10.1.